The van der Waals surface area contributed by atoms with Crippen LogP contribution in [-0.2, 0) is 24.0 Å². The molecule has 9 N–H and O–H groups in total. The average molecular weight is 379 g/mol. The minimum absolute atomic E-state index is 0.114. The van der Waals surface area contributed by atoms with Crippen LogP contribution < -0.4 is 27.4 Å². The van der Waals surface area contributed by atoms with Crippen LogP contribution in [-0.4, -0.2) is 76.8 Å². The molecule has 0 aliphatic carbocycles. The van der Waals surface area contributed by atoms with Crippen LogP contribution in [0.4, 0.5) is 0 Å². The van der Waals surface area contributed by atoms with Gasteiger partial charge in [-0.1, -0.05) is 0 Å². The van der Waals surface area contributed by atoms with E-state index in [1.807, 2.05) is 5.32 Å². The van der Waals surface area contributed by atoms with Crippen molar-refractivity contribution in [3.8, 4) is 0 Å². The molecule has 0 aromatic heterocycles. The Hall–Kier alpha value is -2.38. The highest BCUT2D eigenvalue weighted by atomic mass is 32.1. The van der Waals surface area contributed by atoms with Crippen molar-refractivity contribution in [2.24, 2.45) is 11.5 Å². The number of nitrogens with two attached hydrogens (primary N) is 2. The molecule has 0 fully saturated rings. The standard InChI is InChI=1S/C12H21N5O7S/c13-2-9(20)15-7(4-25)11(22)17-6(3-18)10(21)16-5(12(23)24)1-8(14)19/h5-7,18,25H,1-4,13H2,(H2,14,19)(H,15,20)(H,16,21)(H,17,22)(H,23,24). The van der Waals surface area contributed by atoms with E-state index in [2.05, 4.69) is 23.3 Å². The molecule has 25 heavy (non-hydrogen) atoms. The second-order valence-corrected chi connectivity index (χ2v) is 5.19. The molecule has 0 radical (unpaired) electrons. The molecule has 0 aliphatic rings. The predicted octanol–water partition coefficient (Wildman–Crippen LogP) is -4.72. The number of carbonyl (C=O) groups excluding carboxylic acids is 4. The van der Waals surface area contributed by atoms with Gasteiger partial charge >= 0.3 is 5.97 Å². The average Bonchev–Trinajstić information content (AvgIpc) is 2.55. The highest BCUT2D eigenvalue weighted by molar-refractivity contribution is 7.80. The summed E-state index contributed by atoms with van der Waals surface area (Å²) in [6.45, 7) is -1.22. The maximum absolute atomic E-state index is 12.0. The number of hydrogen-bond donors (Lipinski definition) is 8. The number of thiol groups is 1. The summed E-state index contributed by atoms with van der Waals surface area (Å²) in [4.78, 5) is 57.0. The first-order valence-electron chi connectivity index (χ1n) is 6.99. The van der Waals surface area contributed by atoms with E-state index in [1.54, 1.807) is 0 Å². The van der Waals surface area contributed by atoms with Crippen LogP contribution in [0.5, 0.6) is 0 Å². The summed E-state index contributed by atoms with van der Waals surface area (Å²) in [6.07, 6.45) is -0.668. The first-order valence-corrected chi connectivity index (χ1v) is 7.62. The van der Waals surface area contributed by atoms with Gasteiger partial charge in [0.05, 0.1) is 19.6 Å². The third-order valence-electron chi connectivity index (χ3n) is 2.86. The lowest BCUT2D eigenvalue weighted by atomic mass is 10.1. The van der Waals surface area contributed by atoms with Crippen LogP contribution in [0.2, 0.25) is 0 Å². The molecule has 0 aliphatic heterocycles. The molecule has 142 valence electrons. The Kier molecular flexibility index (Phi) is 10.2. The molecule has 0 aromatic rings. The van der Waals surface area contributed by atoms with Gasteiger partial charge in [-0.05, 0) is 0 Å². The largest absolute Gasteiger partial charge is 0.480 e. The molecule has 3 unspecified atom stereocenters. The van der Waals surface area contributed by atoms with E-state index in [0.717, 1.165) is 0 Å². The Balaban J connectivity index is 4.91. The fraction of sp³-hybridized carbons (Fsp3) is 0.583. The summed E-state index contributed by atoms with van der Waals surface area (Å²) in [5, 5.41) is 24.5. The van der Waals surface area contributed by atoms with Crippen molar-refractivity contribution in [2.75, 3.05) is 18.9 Å². The Bertz CT molecular complexity index is 530. The normalized spacial score (nSPS) is 13.9. The number of carboxylic acid groups (broad SMARTS) is 1. The van der Waals surface area contributed by atoms with Crippen molar-refractivity contribution in [1.29, 1.82) is 0 Å². The number of rotatable bonds is 11. The summed E-state index contributed by atoms with van der Waals surface area (Å²) in [7, 11) is 0. The second-order valence-electron chi connectivity index (χ2n) is 4.82. The lowest BCUT2D eigenvalue weighted by molar-refractivity contribution is -0.144. The second kappa shape index (κ2) is 11.2. The molecule has 0 heterocycles. The number of aliphatic hydroxyl groups is 1. The number of primary amides is 1. The van der Waals surface area contributed by atoms with Gasteiger partial charge in [0.15, 0.2) is 0 Å². The molecule has 0 bridgehead atoms. The zero-order chi connectivity index (χ0) is 19.6. The van der Waals surface area contributed by atoms with E-state index in [4.69, 9.17) is 16.6 Å². The number of hydrogen-bond acceptors (Lipinski definition) is 8. The molecule has 0 spiro atoms. The predicted molar refractivity (Wildman–Crippen MR) is 87.2 cm³/mol. The number of amides is 4. The minimum atomic E-state index is -1.62. The monoisotopic (exact) mass is 379 g/mol. The van der Waals surface area contributed by atoms with Crippen molar-refractivity contribution < 1.29 is 34.2 Å². The van der Waals surface area contributed by atoms with E-state index >= 15 is 0 Å². The summed E-state index contributed by atoms with van der Waals surface area (Å²) < 4.78 is 0. The van der Waals surface area contributed by atoms with Gasteiger partial charge in [-0.25, -0.2) is 4.79 Å². The summed E-state index contributed by atoms with van der Waals surface area (Å²) in [6, 6.07) is -4.25. The zero-order valence-electron chi connectivity index (χ0n) is 13.1. The fourth-order valence-electron chi connectivity index (χ4n) is 1.59. The quantitative estimate of drug-likeness (QED) is 0.163. The molecule has 0 saturated heterocycles. The third-order valence-corrected chi connectivity index (χ3v) is 3.22. The van der Waals surface area contributed by atoms with Crippen molar-refractivity contribution in [1.82, 2.24) is 16.0 Å². The van der Waals surface area contributed by atoms with Crippen LogP contribution >= 0.6 is 12.6 Å². The zero-order valence-corrected chi connectivity index (χ0v) is 14.0. The lowest BCUT2D eigenvalue weighted by Crippen LogP contribution is -2.58. The van der Waals surface area contributed by atoms with E-state index in [9.17, 15) is 29.1 Å². The van der Waals surface area contributed by atoms with Gasteiger partial charge in [0.25, 0.3) is 0 Å². The van der Waals surface area contributed by atoms with Crippen molar-refractivity contribution in [3.63, 3.8) is 0 Å². The topological polar surface area (TPSA) is 214 Å². The number of aliphatic hydroxyl groups excluding tert-OH is 1. The Morgan fingerprint density at radius 1 is 0.960 bits per heavy atom. The minimum Gasteiger partial charge on any atom is -0.480 e. The van der Waals surface area contributed by atoms with Crippen LogP contribution in [0.25, 0.3) is 0 Å². The Morgan fingerprint density at radius 3 is 1.88 bits per heavy atom. The van der Waals surface area contributed by atoms with Crippen molar-refractivity contribution >= 4 is 42.2 Å². The Morgan fingerprint density at radius 2 is 1.48 bits per heavy atom. The number of carboxylic acids is 1. The molecular weight excluding hydrogens is 358 g/mol. The Labute approximate surface area is 148 Å². The first kappa shape index (κ1) is 22.6. The van der Waals surface area contributed by atoms with Crippen LogP contribution in [0.3, 0.4) is 0 Å². The summed E-state index contributed by atoms with van der Waals surface area (Å²) in [5.41, 5.74) is 9.99. The maximum atomic E-state index is 12.0. The highest BCUT2D eigenvalue weighted by Crippen LogP contribution is 1.96. The number of aliphatic carboxylic acids is 1. The highest BCUT2D eigenvalue weighted by Gasteiger charge is 2.29. The van der Waals surface area contributed by atoms with Gasteiger partial charge in [0, 0.05) is 5.75 Å². The molecule has 0 saturated carbocycles. The van der Waals surface area contributed by atoms with Crippen molar-refractivity contribution in [3.05, 3.63) is 0 Å². The SMILES string of the molecule is NCC(=O)NC(CS)C(=O)NC(CO)C(=O)NC(CC(N)=O)C(=O)O. The van der Waals surface area contributed by atoms with Gasteiger partial charge in [-0.2, -0.15) is 12.6 Å². The first-order chi connectivity index (χ1) is 11.7. The van der Waals surface area contributed by atoms with Gasteiger partial charge in [-0.3, -0.25) is 19.2 Å². The van der Waals surface area contributed by atoms with E-state index in [1.165, 1.54) is 0 Å². The third kappa shape index (κ3) is 8.32. The van der Waals surface area contributed by atoms with Crippen molar-refractivity contribution in [2.45, 2.75) is 24.5 Å². The molecule has 13 heteroatoms. The van der Waals surface area contributed by atoms with E-state index in [-0.39, 0.29) is 12.3 Å². The van der Waals surface area contributed by atoms with Crippen LogP contribution in [0, 0.1) is 0 Å². The maximum Gasteiger partial charge on any atom is 0.326 e. The molecule has 4 amide bonds. The molecule has 3 atom stereocenters. The van der Waals surface area contributed by atoms with Gasteiger partial charge in [0.2, 0.25) is 23.6 Å². The summed E-state index contributed by atoms with van der Waals surface area (Å²) >= 11 is 3.88. The lowest BCUT2D eigenvalue weighted by Gasteiger charge is -2.22. The number of carbonyl (C=O) groups is 5. The number of nitrogens with one attached hydrogen (secondary N) is 3. The van der Waals surface area contributed by atoms with Crippen LogP contribution in [0.15, 0.2) is 0 Å². The summed E-state index contributed by atoms with van der Waals surface area (Å²) in [5.74, 6) is -5.11. The van der Waals surface area contributed by atoms with Gasteiger partial charge < -0.3 is 37.6 Å². The molecule has 0 rings (SSSR count). The van der Waals surface area contributed by atoms with E-state index in [0.29, 0.717) is 0 Å². The van der Waals surface area contributed by atoms with E-state index < -0.39 is 60.8 Å². The fourth-order valence-corrected chi connectivity index (χ4v) is 1.84. The van der Waals surface area contributed by atoms with Gasteiger partial charge in [0.1, 0.15) is 18.1 Å². The molecule has 0 aromatic carbocycles. The molecule has 12 nitrogen and oxygen atoms in total. The smallest absolute Gasteiger partial charge is 0.326 e. The molecular formula is C12H21N5O7S. The van der Waals surface area contributed by atoms with Crippen LogP contribution in [0.1, 0.15) is 6.42 Å². The van der Waals surface area contributed by atoms with Gasteiger partial charge in [-0.15, -0.1) is 0 Å².